The van der Waals surface area contributed by atoms with Crippen LogP contribution in [-0.4, -0.2) is 48.3 Å². The molecule has 23 heavy (non-hydrogen) atoms. The minimum atomic E-state index is -0.513. The van der Waals surface area contributed by atoms with Crippen LogP contribution in [0.3, 0.4) is 0 Å². The highest BCUT2D eigenvalue weighted by atomic mass is 35.5. The quantitative estimate of drug-likeness (QED) is 0.667. The van der Waals surface area contributed by atoms with Crippen molar-refractivity contribution in [3.63, 3.8) is 0 Å². The normalized spacial score (nSPS) is 18.1. The van der Waals surface area contributed by atoms with Crippen molar-refractivity contribution in [2.45, 2.75) is 31.7 Å². The van der Waals surface area contributed by atoms with Crippen LogP contribution in [-0.2, 0) is 0 Å². The SMILES string of the molecule is O=C(NCCCCN1CCC[C@@H]1CO)Nc1ccc(F)c(Cl)c1. The number of carbonyl (C=O) groups is 1. The molecule has 1 atom stereocenters. The van der Waals surface area contributed by atoms with E-state index in [0.717, 1.165) is 38.8 Å². The van der Waals surface area contributed by atoms with Gasteiger partial charge in [-0.05, 0) is 57.0 Å². The maximum atomic E-state index is 13.0. The van der Waals surface area contributed by atoms with Crippen molar-refractivity contribution in [3.8, 4) is 0 Å². The molecule has 5 nitrogen and oxygen atoms in total. The monoisotopic (exact) mass is 343 g/mol. The van der Waals surface area contributed by atoms with E-state index in [0.29, 0.717) is 18.3 Å². The van der Waals surface area contributed by atoms with Crippen molar-refractivity contribution in [1.29, 1.82) is 0 Å². The molecule has 2 amide bonds. The first-order valence-electron chi connectivity index (χ1n) is 7.95. The maximum Gasteiger partial charge on any atom is 0.319 e. The fourth-order valence-corrected chi connectivity index (χ4v) is 2.97. The Balaban J connectivity index is 1.60. The van der Waals surface area contributed by atoms with Gasteiger partial charge in [-0.15, -0.1) is 0 Å². The Bertz CT molecular complexity index is 530. The number of hydrogen-bond acceptors (Lipinski definition) is 3. The number of amides is 2. The molecule has 0 saturated carbocycles. The lowest BCUT2D eigenvalue weighted by molar-refractivity contribution is 0.157. The fourth-order valence-electron chi connectivity index (χ4n) is 2.79. The van der Waals surface area contributed by atoms with Gasteiger partial charge in [0, 0.05) is 18.3 Å². The standard InChI is InChI=1S/C16H23ClFN3O2/c17-14-10-12(5-6-15(14)18)20-16(23)19-7-1-2-8-21-9-3-4-13(21)11-22/h5-6,10,13,22H,1-4,7-9,11H2,(H2,19,20,23)/t13-/m1/s1. The molecule has 1 aromatic carbocycles. The lowest BCUT2D eigenvalue weighted by Gasteiger charge is -2.22. The highest BCUT2D eigenvalue weighted by molar-refractivity contribution is 6.31. The van der Waals surface area contributed by atoms with Crippen molar-refractivity contribution in [3.05, 3.63) is 29.0 Å². The highest BCUT2D eigenvalue weighted by Gasteiger charge is 2.22. The highest BCUT2D eigenvalue weighted by Crippen LogP contribution is 2.19. The summed E-state index contributed by atoms with van der Waals surface area (Å²) in [6.07, 6.45) is 4.05. The van der Waals surface area contributed by atoms with E-state index in [9.17, 15) is 14.3 Å². The van der Waals surface area contributed by atoms with Gasteiger partial charge in [0.2, 0.25) is 0 Å². The number of urea groups is 1. The van der Waals surface area contributed by atoms with Gasteiger partial charge in [0.1, 0.15) is 5.82 Å². The van der Waals surface area contributed by atoms with Gasteiger partial charge in [-0.1, -0.05) is 11.6 Å². The molecule has 128 valence electrons. The third-order valence-electron chi connectivity index (χ3n) is 4.04. The topological polar surface area (TPSA) is 64.6 Å². The molecule has 0 aromatic heterocycles. The van der Waals surface area contributed by atoms with E-state index in [-0.39, 0.29) is 17.7 Å². The number of rotatable bonds is 7. The molecule has 1 heterocycles. The van der Waals surface area contributed by atoms with Gasteiger partial charge in [0.25, 0.3) is 0 Å². The van der Waals surface area contributed by atoms with E-state index in [2.05, 4.69) is 15.5 Å². The van der Waals surface area contributed by atoms with Crippen molar-refractivity contribution < 1.29 is 14.3 Å². The number of carbonyl (C=O) groups excluding carboxylic acids is 1. The summed E-state index contributed by atoms with van der Waals surface area (Å²) < 4.78 is 13.0. The van der Waals surface area contributed by atoms with Gasteiger partial charge in [0.15, 0.2) is 0 Å². The lowest BCUT2D eigenvalue weighted by atomic mass is 10.2. The zero-order valence-corrected chi connectivity index (χ0v) is 13.8. The molecular weight excluding hydrogens is 321 g/mol. The smallest absolute Gasteiger partial charge is 0.319 e. The van der Waals surface area contributed by atoms with E-state index in [4.69, 9.17) is 11.6 Å². The number of anilines is 1. The third-order valence-corrected chi connectivity index (χ3v) is 4.33. The number of nitrogens with one attached hydrogen (secondary N) is 2. The Hall–Kier alpha value is -1.37. The van der Waals surface area contributed by atoms with Crippen molar-refractivity contribution in [1.82, 2.24) is 10.2 Å². The van der Waals surface area contributed by atoms with Gasteiger partial charge in [-0.2, -0.15) is 0 Å². The van der Waals surface area contributed by atoms with E-state index in [1.165, 1.54) is 18.2 Å². The summed E-state index contributed by atoms with van der Waals surface area (Å²) in [5, 5.41) is 14.6. The number of benzene rings is 1. The molecule has 2 rings (SSSR count). The minimum Gasteiger partial charge on any atom is -0.395 e. The van der Waals surface area contributed by atoms with E-state index in [1.807, 2.05) is 0 Å². The molecule has 0 spiro atoms. The molecule has 3 N–H and O–H groups in total. The first kappa shape index (κ1) is 18.0. The Morgan fingerprint density at radius 3 is 3.00 bits per heavy atom. The third kappa shape index (κ3) is 5.64. The number of nitrogens with zero attached hydrogens (tertiary/aromatic N) is 1. The van der Waals surface area contributed by atoms with E-state index < -0.39 is 5.82 Å². The van der Waals surface area contributed by atoms with Gasteiger partial charge in [0.05, 0.1) is 11.6 Å². The number of aliphatic hydroxyl groups excluding tert-OH is 1. The summed E-state index contributed by atoms with van der Waals surface area (Å²) in [4.78, 5) is 14.0. The molecule has 1 saturated heterocycles. The number of unbranched alkanes of at least 4 members (excludes halogenated alkanes) is 1. The number of halogens is 2. The Morgan fingerprint density at radius 1 is 1.43 bits per heavy atom. The number of likely N-dealkylation sites (tertiary alicyclic amines) is 1. The van der Waals surface area contributed by atoms with Crippen LogP contribution in [0.25, 0.3) is 0 Å². The first-order chi connectivity index (χ1) is 11.1. The molecule has 1 fully saturated rings. The molecule has 0 bridgehead atoms. The van der Waals surface area contributed by atoms with Crippen LogP contribution in [0.5, 0.6) is 0 Å². The maximum absolute atomic E-state index is 13.0. The van der Waals surface area contributed by atoms with Gasteiger partial charge >= 0.3 is 6.03 Å². The number of hydrogen-bond donors (Lipinski definition) is 3. The molecular formula is C16H23ClFN3O2. The van der Waals surface area contributed by atoms with E-state index in [1.54, 1.807) is 0 Å². The van der Waals surface area contributed by atoms with Gasteiger partial charge in [-0.25, -0.2) is 9.18 Å². The predicted molar refractivity (Wildman–Crippen MR) is 89.3 cm³/mol. The Morgan fingerprint density at radius 2 is 2.26 bits per heavy atom. The second kappa shape index (κ2) is 9.05. The second-order valence-electron chi connectivity index (χ2n) is 5.73. The average Bonchev–Trinajstić information content (AvgIpc) is 2.98. The summed E-state index contributed by atoms with van der Waals surface area (Å²) in [5.41, 5.74) is 0.455. The zero-order valence-electron chi connectivity index (χ0n) is 13.0. The Kier molecular flexibility index (Phi) is 7.08. The van der Waals surface area contributed by atoms with Crippen molar-refractivity contribution in [2.75, 3.05) is 31.6 Å². The minimum absolute atomic E-state index is 0.0214. The zero-order chi connectivity index (χ0) is 16.7. The predicted octanol–water partition coefficient (Wildman–Crippen LogP) is 2.84. The van der Waals surface area contributed by atoms with Crippen LogP contribution in [0.1, 0.15) is 25.7 Å². The molecule has 0 aliphatic carbocycles. The van der Waals surface area contributed by atoms with Crippen LogP contribution in [0.4, 0.5) is 14.9 Å². The van der Waals surface area contributed by atoms with Crippen LogP contribution in [0.2, 0.25) is 5.02 Å². The van der Waals surface area contributed by atoms with Gasteiger partial charge in [-0.3, -0.25) is 4.90 Å². The summed E-state index contributed by atoms with van der Waals surface area (Å²) in [6, 6.07) is 4.02. The second-order valence-corrected chi connectivity index (χ2v) is 6.14. The van der Waals surface area contributed by atoms with E-state index >= 15 is 0 Å². The lowest BCUT2D eigenvalue weighted by Crippen LogP contribution is -2.34. The summed E-state index contributed by atoms with van der Waals surface area (Å²) >= 11 is 5.66. The molecule has 0 unspecified atom stereocenters. The fraction of sp³-hybridized carbons (Fsp3) is 0.562. The molecule has 1 aromatic rings. The molecule has 1 aliphatic rings. The van der Waals surface area contributed by atoms with Crippen LogP contribution < -0.4 is 10.6 Å². The van der Waals surface area contributed by atoms with Gasteiger partial charge < -0.3 is 15.7 Å². The van der Waals surface area contributed by atoms with Crippen molar-refractivity contribution >= 4 is 23.3 Å². The van der Waals surface area contributed by atoms with Crippen LogP contribution in [0, 0.1) is 5.82 Å². The molecule has 0 radical (unpaired) electrons. The summed E-state index contributed by atoms with van der Waals surface area (Å²) in [7, 11) is 0. The molecule has 7 heteroatoms. The first-order valence-corrected chi connectivity index (χ1v) is 8.33. The average molecular weight is 344 g/mol. The van der Waals surface area contributed by atoms with Crippen molar-refractivity contribution in [2.24, 2.45) is 0 Å². The summed E-state index contributed by atoms with van der Waals surface area (Å²) in [6.45, 7) is 2.78. The van der Waals surface area contributed by atoms with Crippen LogP contribution in [0.15, 0.2) is 18.2 Å². The number of aliphatic hydroxyl groups is 1. The van der Waals surface area contributed by atoms with Crippen LogP contribution >= 0.6 is 11.6 Å². The Labute approximate surface area is 140 Å². The molecule has 1 aliphatic heterocycles. The largest absolute Gasteiger partial charge is 0.395 e. The summed E-state index contributed by atoms with van der Waals surface area (Å²) in [5.74, 6) is -0.513.